The molecule has 174 valence electrons. The van der Waals surface area contributed by atoms with Crippen molar-refractivity contribution < 1.29 is 17.7 Å². The summed E-state index contributed by atoms with van der Waals surface area (Å²) in [5.74, 6) is 1.06. The minimum atomic E-state index is -4.17. The van der Waals surface area contributed by atoms with Crippen LogP contribution in [0.1, 0.15) is 41.0 Å². The summed E-state index contributed by atoms with van der Waals surface area (Å²) in [7, 11) is -4.17. The molecule has 0 spiro atoms. The maximum Gasteiger partial charge on any atom is 0.294 e. The predicted molar refractivity (Wildman–Crippen MR) is 135 cm³/mol. The van der Waals surface area contributed by atoms with Crippen LogP contribution in [0.2, 0.25) is 0 Å². The van der Waals surface area contributed by atoms with Crippen LogP contribution in [-0.4, -0.2) is 13.0 Å². The Balaban J connectivity index is 1.51. The van der Waals surface area contributed by atoms with Crippen LogP contribution < -0.4 is 4.74 Å². The fourth-order valence-corrected chi connectivity index (χ4v) is 4.64. The number of para-hydroxylation sites is 1. The van der Waals surface area contributed by atoms with Gasteiger partial charge in [-0.25, -0.2) is 0 Å². The van der Waals surface area contributed by atoms with Crippen LogP contribution in [0.25, 0.3) is 0 Å². The van der Waals surface area contributed by atoms with E-state index in [-0.39, 0.29) is 10.8 Å². The highest BCUT2D eigenvalue weighted by Gasteiger charge is 2.18. The summed E-state index contributed by atoms with van der Waals surface area (Å²) in [5.41, 5.74) is 4.56. The SMILES string of the molecule is O=S(=O)(O)c1ccc(CCCC(c2ccccc2)c2ccccc2OCc2ccccc2)cc1. The number of hydrogen-bond acceptors (Lipinski definition) is 3. The maximum absolute atomic E-state index is 11.3. The van der Waals surface area contributed by atoms with Gasteiger partial charge in [0.05, 0.1) is 4.90 Å². The van der Waals surface area contributed by atoms with Gasteiger partial charge >= 0.3 is 0 Å². The summed E-state index contributed by atoms with van der Waals surface area (Å²) in [5, 5.41) is 0. The first-order valence-corrected chi connectivity index (χ1v) is 12.8. The number of rotatable bonds is 10. The highest BCUT2D eigenvalue weighted by atomic mass is 32.2. The van der Waals surface area contributed by atoms with Gasteiger partial charge in [-0.1, -0.05) is 91.0 Å². The third kappa shape index (κ3) is 6.34. The Morgan fingerprint density at radius 2 is 1.32 bits per heavy atom. The van der Waals surface area contributed by atoms with E-state index in [1.54, 1.807) is 12.1 Å². The van der Waals surface area contributed by atoms with E-state index in [2.05, 4.69) is 48.5 Å². The lowest BCUT2D eigenvalue weighted by Crippen LogP contribution is -2.06. The highest BCUT2D eigenvalue weighted by molar-refractivity contribution is 7.85. The van der Waals surface area contributed by atoms with E-state index < -0.39 is 10.1 Å². The normalized spacial score (nSPS) is 12.3. The molecule has 4 rings (SSSR count). The van der Waals surface area contributed by atoms with Crippen LogP contribution >= 0.6 is 0 Å². The van der Waals surface area contributed by atoms with Crippen LogP contribution in [0.4, 0.5) is 0 Å². The van der Waals surface area contributed by atoms with Gasteiger partial charge in [0.2, 0.25) is 0 Å². The first-order valence-electron chi connectivity index (χ1n) is 11.4. The van der Waals surface area contributed by atoms with Gasteiger partial charge in [-0.05, 0) is 54.2 Å². The number of benzene rings is 4. The molecule has 0 amide bonds. The molecular weight excluding hydrogens is 444 g/mol. The Morgan fingerprint density at radius 3 is 2.00 bits per heavy atom. The zero-order valence-corrected chi connectivity index (χ0v) is 19.7. The molecule has 1 unspecified atom stereocenters. The average molecular weight is 473 g/mol. The predicted octanol–water partition coefficient (Wildman–Crippen LogP) is 6.67. The van der Waals surface area contributed by atoms with Crippen molar-refractivity contribution in [2.45, 2.75) is 36.7 Å². The van der Waals surface area contributed by atoms with Crippen LogP contribution in [0.3, 0.4) is 0 Å². The first kappa shape index (κ1) is 23.7. The van der Waals surface area contributed by atoms with E-state index in [1.165, 1.54) is 17.7 Å². The van der Waals surface area contributed by atoms with Crippen molar-refractivity contribution in [3.8, 4) is 5.75 Å². The monoisotopic (exact) mass is 472 g/mol. The summed E-state index contributed by atoms with van der Waals surface area (Å²) in [6.45, 7) is 0.513. The zero-order valence-electron chi connectivity index (χ0n) is 18.9. The Kier molecular flexibility index (Phi) is 7.78. The summed E-state index contributed by atoms with van der Waals surface area (Å²) in [6.07, 6.45) is 2.63. The van der Waals surface area contributed by atoms with Crippen molar-refractivity contribution in [1.29, 1.82) is 0 Å². The van der Waals surface area contributed by atoms with E-state index >= 15 is 0 Å². The van der Waals surface area contributed by atoms with Gasteiger partial charge in [-0.2, -0.15) is 8.42 Å². The molecule has 0 heterocycles. The Hall–Kier alpha value is -3.41. The second kappa shape index (κ2) is 11.1. The molecule has 0 fully saturated rings. The van der Waals surface area contributed by atoms with Gasteiger partial charge < -0.3 is 4.74 Å². The second-order valence-electron chi connectivity index (χ2n) is 8.29. The molecule has 0 bridgehead atoms. The van der Waals surface area contributed by atoms with Gasteiger partial charge in [0.15, 0.2) is 0 Å². The van der Waals surface area contributed by atoms with Crippen molar-refractivity contribution in [3.05, 3.63) is 131 Å². The largest absolute Gasteiger partial charge is 0.489 e. The highest BCUT2D eigenvalue weighted by Crippen LogP contribution is 2.36. The van der Waals surface area contributed by atoms with Gasteiger partial charge in [-0.3, -0.25) is 4.55 Å². The molecule has 34 heavy (non-hydrogen) atoms. The lowest BCUT2D eigenvalue weighted by Gasteiger charge is -2.21. The molecule has 1 N–H and O–H groups in total. The van der Waals surface area contributed by atoms with Crippen molar-refractivity contribution in [2.24, 2.45) is 0 Å². The topological polar surface area (TPSA) is 63.6 Å². The van der Waals surface area contributed by atoms with Crippen molar-refractivity contribution >= 4 is 10.1 Å². The summed E-state index contributed by atoms with van der Waals surface area (Å²) in [6, 6.07) is 35.2. The van der Waals surface area contributed by atoms with Crippen LogP contribution in [0.15, 0.2) is 114 Å². The molecule has 4 aromatic rings. The van der Waals surface area contributed by atoms with Gasteiger partial charge in [0, 0.05) is 11.5 Å². The van der Waals surface area contributed by atoms with E-state index in [0.29, 0.717) is 6.61 Å². The van der Waals surface area contributed by atoms with Crippen molar-refractivity contribution in [1.82, 2.24) is 0 Å². The minimum absolute atomic E-state index is 0.0806. The second-order valence-corrected chi connectivity index (χ2v) is 9.71. The quantitative estimate of drug-likeness (QED) is 0.262. The molecule has 4 aromatic carbocycles. The number of aryl methyl sites for hydroxylation is 1. The van der Waals surface area contributed by atoms with Crippen LogP contribution in [0, 0.1) is 0 Å². The van der Waals surface area contributed by atoms with Gasteiger partial charge in [-0.15, -0.1) is 0 Å². The number of ether oxygens (including phenoxy) is 1. The van der Waals surface area contributed by atoms with Gasteiger partial charge in [0.25, 0.3) is 10.1 Å². The van der Waals surface area contributed by atoms with E-state index in [1.807, 2.05) is 36.4 Å². The Labute approximate surface area is 201 Å². The first-order chi connectivity index (χ1) is 16.5. The van der Waals surface area contributed by atoms with E-state index in [9.17, 15) is 13.0 Å². The molecule has 4 nitrogen and oxygen atoms in total. The third-order valence-corrected chi connectivity index (χ3v) is 6.78. The van der Waals surface area contributed by atoms with Gasteiger partial charge in [0.1, 0.15) is 12.4 Å². The standard InChI is InChI=1S/C29H28O4S/c30-34(31,32)26-20-18-23(19-21-26)12-9-16-27(25-13-5-2-6-14-25)28-15-7-8-17-29(28)33-22-24-10-3-1-4-11-24/h1-8,10-11,13-15,17-21,27H,9,12,16,22H2,(H,30,31,32). The fourth-order valence-electron chi connectivity index (χ4n) is 4.16. The average Bonchev–Trinajstić information content (AvgIpc) is 2.87. The molecular formula is C29H28O4S. The smallest absolute Gasteiger partial charge is 0.294 e. The maximum atomic E-state index is 11.3. The molecule has 0 saturated heterocycles. The Morgan fingerprint density at radius 1 is 0.706 bits per heavy atom. The van der Waals surface area contributed by atoms with E-state index in [0.717, 1.165) is 41.7 Å². The molecule has 0 aliphatic carbocycles. The minimum Gasteiger partial charge on any atom is -0.489 e. The zero-order chi connectivity index (χ0) is 23.8. The molecule has 0 aliphatic rings. The van der Waals surface area contributed by atoms with E-state index in [4.69, 9.17) is 4.74 Å². The third-order valence-electron chi connectivity index (χ3n) is 5.91. The molecule has 1 atom stereocenters. The summed E-state index contributed by atoms with van der Waals surface area (Å²) < 4.78 is 38.0. The van der Waals surface area contributed by atoms with Crippen LogP contribution in [-0.2, 0) is 23.1 Å². The molecule has 5 heteroatoms. The number of hydrogen-bond donors (Lipinski definition) is 1. The van der Waals surface area contributed by atoms with Crippen LogP contribution in [0.5, 0.6) is 5.75 Å². The summed E-state index contributed by atoms with van der Waals surface area (Å²) in [4.78, 5) is -0.0806. The lowest BCUT2D eigenvalue weighted by molar-refractivity contribution is 0.301. The molecule has 0 saturated carbocycles. The van der Waals surface area contributed by atoms with Crippen molar-refractivity contribution in [2.75, 3.05) is 0 Å². The van der Waals surface area contributed by atoms with Crippen molar-refractivity contribution in [3.63, 3.8) is 0 Å². The molecule has 0 aliphatic heterocycles. The molecule has 0 aromatic heterocycles. The Bertz CT molecular complexity index is 1290. The fraction of sp³-hybridized carbons (Fsp3) is 0.172. The summed E-state index contributed by atoms with van der Waals surface area (Å²) >= 11 is 0. The lowest BCUT2D eigenvalue weighted by atomic mass is 9.86. The molecule has 0 radical (unpaired) electrons.